The molecule has 1 N–H and O–H groups in total. The Morgan fingerprint density at radius 1 is 0.758 bits per heavy atom. The quantitative estimate of drug-likeness (QED) is 0.447. The molecule has 0 unspecified atom stereocenters. The van der Waals surface area contributed by atoms with Crippen LogP contribution in [0.5, 0.6) is 17.2 Å². The van der Waals surface area contributed by atoms with Gasteiger partial charge in [-0.2, -0.15) is 5.10 Å². The Labute approximate surface area is 198 Å². The number of aliphatic imine (C=N–C) groups is 1. The molecule has 33 heavy (non-hydrogen) atoms. The normalized spacial score (nSPS) is 12.6. The van der Waals surface area contributed by atoms with Gasteiger partial charge in [0.1, 0.15) is 11.5 Å². The Morgan fingerprint density at radius 3 is 2.18 bits per heavy atom. The van der Waals surface area contributed by atoms with Crippen LogP contribution in [-0.4, -0.2) is 31.4 Å². The Hall–Kier alpha value is -3.51. The molecule has 170 valence electrons. The lowest BCUT2D eigenvalue weighted by Gasteiger charge is -2.14. The monoisotopic (exact) mass is 463 g/mol. The van der Waals surface area contributed by atoms with Crippen molar-refractivity contribution in [1.29, 1.82) is 0 Å². The predicted molar refractivity (Wildman–Crippen MR) is 133 cm³/mol. The molecule has 1 aliphatic rings. The van der Waals surface area contributed by atoms with Gasteiger partial charge in [0.05, 0.1) is 25.5 Å². The summed E-state index contributed by atoms with van der Waals surface area (Å²) in [7, 11) is 0. The number of hydrogen-bond acceptors (Lipinski definition) is 6. The molecule has 4 rings (SSSR count). The lowest BCUT2D eigenvalue weighted by Crippen LogP contribution is -2.19. The highest BCUT2D eigenvalue weighted by molar-refractivity contribution is 6.31. The molecule has 6 nitrogen and oxygen atoms in total. The Morgan fingerprint density at radius 2 is 1.45 bits per heavy atom. The number of hydrogen-bond donors (Lipinski definition) is 1. The molecular weight excluding hydrogens is 438 g/mol. The number of hydrazone groups is 1. The van der Waals surface area contributed by atoms with Crippen molar-refractivity contribution >= 4 is 28.8 Å². The van der Waals surface area contributed by atoms with Crippen LogP contribution in [0.2, 0.25) is 5.02 Å². The highest BCUT2D eigenvalue weighted by atomic mass is 35.5. The first-order valence-electron chi connectivity index (χ1n) is 11.0. The summed E-state index contributed by atoms with van der Waals surface area (Å²) in [5.74, 6) is 2.81. The summed E-state index contributed by atoms with van der Waals surface area (Å²) in [6.07, 6.45) is 0. The van der Waals surface area contributed by atoms with Crippen LogP contribution in [-0.2, 0) is 0 Å². The lowest BCUT2D eigenvalue weighted by atomic mass is 10.0. The van der Waals surface area contributed by atoms with Crippen LogP contribution >= 0.6 is 11.6 Å². The number of nitrogens with one attached hydrogen (secondary N) is 1. The zero-order chi connectivity index (χ0) is 23.2. The van der Waals surface area contributed by atoms with Crippen LogP contribution in [0.1, 0.15) is 37.5 Å². The van der Waals surface area contributed by atoms with Gasteiger partial charge in [-0.25, -0.2) is 4.99 Å². The van der Waals surface area contributed by atoms with Gasteiger partial charge in [0.2, 0.25) is 0 Å². The maximum Gasteiger partial charge on any atom is 0.161 e. The average Bonchev–Trinajstić information content (AvgIpc) is 3.01. The van der Waals surface area contributed by atoms with Crippen molar-refractivity contribution in [3.63, 3.8) is 0 Å². The number of halogens is 1. The molecule has 3 aromatic carbocycles. The van der Waals surface area contributed by atoms with Crippen molar-refractivity contribution < 1.29 is 14.2 Å². The van der Waals surface area contributed by atoms with E-state index in [0.29, 0.717) is 47.9 Å². The van der Waals surface area contributed by atoms with E-state index < -0.39 is 0 Å². The summed E-state index contributed by atoms with van der Waals surface area (Å²) < 4.78 is 17.1. The van der Waals surface area contributed by atoms with Crippen LogP contribution in [0.25, 0.3) is 0 Å². The molecular formula is C26H26ClN3O3. The Kier molecular flexibility index (Phi) is 7.15. The first kappa shape index (κ1) is 22.7. The first-order chi connectivity index (χ1) is 16.1. The zero-order valence-electron chi connectivity index (χ0n) is 18.9. The highest BCUT2D eigenvalue weighted by Gasteiger charge is 2.19. The van der Waals surface area contributed by atoms with Gasteiger partial charge >= 0.3 is 0 Å². The molecule has 0 radical (unpaired) electrons. The molecule has 0 spiro atoms. The minimum absolute atomic E-state index is 0.529. The summed E-state index contributed by atoms with van der Waals surface area (Å²) >= 11 is 6.35. The van der Waals surface area contributed by atoms with Crippen molar-refractivity contribution in [2.24, 2.45) is 10.1 Å². The fourth-order valence-electron chi connectivity index (χ4n) is 3.53. The number of fused-ring (bicyclic) bond motifs is 1. The smallest absolute Gasteiger partial charge is 0.161 e. The van der Waals surface area contributed by atoms with Crippen molar-refractivity contribution in [3.8, 4) is 17.2 Å². The second-order valence-electron chi connectivity index (χ2n) is 7.18. The van der Waals surface area contributed by atoms with Crippen LogP contribution in [0.4, 0.5) is 5.69 Å². The summed E-state index contributed by atoms with van der Waals surface area (Å²) in [4.78, 5) is 4.84. The van der Waals surface area contributed by atoms with E-state index in [1.54, 1.807) is 0 Å². The molecule has 7 heteroatoms. The second-order valence-corrected chi connectivity index (χ2v) is 7.62. The van der Waals surface area contributed by atoms with Crippen LogP contribution in [0.15, 0.2) is 70.8 Å². The van der Waals surface area contributed by atoms with E-state index in [1.807, 2.05) is 81.4 Å². The molecule has 0 fully saturated rings. The van der Waals surface area contributed by atoms with E-state index in [4.69, 9.17) is 35.9 Å². The standard InChI is InChI=1S/C26H26ClN3O3/c1-4-31-20-11-7-17(8-12-20)26-28-22-13-10-19(27)16-21(22)25(29-30-26)18-9-14-23(32-5-2)24(15-18)33-6-3/h7-16H,4-6H2,1-3H3,(H,28,30). The molecule has 0 aromatic heterocycles. The van der Waals surface area contributed by atoms with Gasteiger partial charge in [-0.3, -0.25) is 5.43 Å². The topological polar surface area (TPSA) is 64.4 Å². The van der Waals surface area contributed by atoms with Crippen LogP contribution < -0.4 is 19.6 Å². The molecule has 0 bridgehead atoms. The van der Waals surface area contributed by atoms with Crippen molar-refractivity contribution in [2.75, 3.05) is 19.8 Å². The number of amidine groups is 1. The van der Waals surface area contributed by atoms with Gasteiger partial charge in [-0.1, -0.05) is 11.6 Å². The van der Waals surface area contributed by atoms with Gasteiger partial charge in [0.15, 0.2) is 17.3 Å². The van der Waals surface area contributed by atoms with Gasteiger partial charge < -0.3 is 14.2 Å². The Balaban J connectivity index is 1.77. The third-order valence-electron chi connectivity index (χ3n) is 4.98. The fourth-order valence-corrected chi connectivity index (χ4v) is 3.71. The molecule has 3 aromatic rings. The summed E-state index contributed by atoms with van der Waals surface area (Å²) in [6, 6.07) is 19.1. The third-order valence-corrected chi connectivity index (χ3v) is 5.21. The van der Waals surface area contributed by atoms with Gasteiger partial charge in [-0.15, -0.1) is 0 Å². The van der Waals surface area contributed by atoms with Crippen molar-refractivity contribution in [2.45, 2.75) is 20.8 Å². The second kappa shape index (κ2) is 10.4. The van der Waals surface area contributed by atoms with Gasteiger partial charge in [0.25, 0.3) is 0 Å². The van der Waals surface area contributed by atoms with E-state index in [0.717, 1.165) is 28.1 Å². The van der Waals surface area contributed by atoms with Crippen LogP contribution in [0.3, 0.4) is 0 Å². The predicted octanol–water partition coefficient (Wildman–Crippen LogP) is 5.97. The summed E-state index contributed by atoms with van der Waals surface area (Å²) in [5.41, 5.74) is 7.19. The SMILES string of the molecule is CCOc1ccc(C2=Nc3ccc(Cl)cc3C(c3ccc(OCC)c(OCC)c3)=NN2)cc1. The van der Waals surface area contributed by atoms with E-state index in [9.17, 15) is 0 Å². The molecule has 1 heterocycles. The number of ether oxygens (including phenoxy) is 3. The van der Waals surface area contributed by atoms with E-state index >= 15 is 0 Å². The summed E-state index contributed by atoms with van der Waals surface area (Å²) in [5, 5.41) is 5.33. The fraction of sp³-hybridized carbons (Fsp3) is 0.231. The Bertz CT molecular complexity index is 1190. The molecule has 1 aliphatic heterocycles. The summed E-state index contributed by atoms with van der Waals surface area (Å²) in [6.45, 7) is 7.55. The first-order valence-corrected chi connectivity index (χ1v) is 11.4. The van der Waals surface area contributed by atoms with E-state index in [2.05, 4.69) is 5.43 Å². The molecule has 0 aliphatic carbocycles. The lowest BCUT2D eigenvalue weighted by molar-refractivity contribution is 0.287. The van der Waals surface area contributed by atoms with E-state index in [1.165, 1.54) is 0 Å². The highest BCUT2D eigenvalue weighted by Crippen LogP contribution is 2.33. The maximum absolute atomic E-state index is 6.35. The number of nitrogens with zero attached hydrogens (tertiary/aromatic N) is 2. The molecule has 0 amide bonds. The number of benzene rings is 3. The number of rotatable bonds is 8. The minimum Gasteiger partial charge on any atom is -0.494 e. The molecule has 0 atom stereocenters. The molecule has 0 saturated heterocycles. The maximum atomic E-state index is 6.35. The third kappa shape index (κ3) is 5.12. The minimum atomic E-state index is 0.529. The largest absolute Gasteiger partial charge is 0.494 e. The van der Waals surface area contributed by atoms with Crippen LogP contribution in [0, 0.1) is 0 Å². The van der Waals surface area contributed by atoms with E-state index in [-0.39, 0.29) is 0 Å². The average molecular weight is 464 g/mol. The van der Waals surface area contributed by atoms with Crippen molar-refractivity contribution in [3.05, 3.63) is 82.4 Å². The van der Waals surface area contributed by atoms with Crippen molar-refractivity contribution in [1.82, 2.24) is 5.43 Å². The van der Waals surface area contributed by atoms with Gasteiger partial charge in [-0.05, 0) is 81.4 Å². The zero-order valence-corrected chi connectivity index (χ0v) is 19.6. The molecule has 0 saturated carbocycles. The van der Waals surface area contributed by atoms with Gasteiger partial charge in [0, 0.05) is 21.7 Å².